The van der Waals surface area contributed by atoms with Crippen LogP contribution >= 0.6 is 0 Å². The largest absolute Gasteiger partial charge is 0.0753 e. The fraction of sp³-hybridized carbons (Fsp3) is 0.0294. The maximum atomic E-state index is 2.27. The Hall–Kier alpha value is -4.29. The summed E-state index contributed by atoms with van der Waals surface area (Å²) in [7, 11) is 0. The molecule has 0 bridgehead atoms. The van der Waals surface area contributed by atoms with Gasteiger partial charge in [-0.3, -0.25) is 0 Å². The Morgan fingerprint density at radius 1 is 0.353 bits per heavy atom. The van der Waals surface area contributed by atoms with E-state index in [1.54, 1.807) is 0 Å². The van der Waals surface area contributed by atoms with Gasteiger partial charge in [0.15, 0.2) is 0 Å². The summed E-state index contributed by atoms with van der Waals surface area (Å²) in [6.07, 6.45) is 0. The standard InChI is InChI=1S/C34H25/c1-24(25-10-14-29(15-11-25)33-20-18-27-6-2-4-8-31(27)22-33)26-12-16-30(17-13-26)34-21-19-28-7-3-5-9-32(28)23-34/h2-23H,1H3/q+1. The first-order chi connectivity index (χ1) is 16.7. The van der Waals surface area contributed by atoms with Crippen LogP contribution in [0.15, 0.2) is 133 Å². The second kappa shape index (κ2) is 8.57. The highest BCUT2D eigenvalue weighted by Crippen LogP contribution is 2.30. The van der Waals surface area contributed by atoms with Crippen LogP contribution in [-0.4, -0.2) is 0 Å². The highest BCUT2D eigenvalue weighted by Gasteiger charge is 2.16. The first kappa shape index (κ1) is 20.3. The number of rotatable bonds is 4. The zero-order valence-electron chi connectivity index (χ0n) is 19.2. The third kappa shape index (κ3) is 3.84. The summed E-state index contributed by atoms with van der Waals surface area (Å²) in [5.41, 5.74) is 7.50. The fourth-order valence-corrected chi connectivity index (χ4v) is 4.73. The first-order valence-electron chi connectivity index (χ1n) is 11.8. The second-order valence-corrected chi connectivity index (χ2v) is 8.90. The van der Waals surface area contributed by atoms with Crippen LogP contribution in [0.5, 0.6) is 0 Å². The Kier molecular flexibility index (Phi) is 5.13. The molecule has 0 saturated heterocycles. The molecule has 0 aromatic heterocycles. The lowest BCUT2D eigenvalue weighted by atomic mass is 9.90. The van der Waals surface area contributed by atoms with Crippen molar-refractivity contribution in [2.75, 3.05) is 0 Å². The smallest absolute Gasteiger partial charge is 0.0616 e. The van der Waals surface area contributed by atoms with Crippen LogP contribution in [0.3, 0.4) is 0 Å². The zero-order valence-corrected chi connectivity index (χ0v) is 19.2. The van der Waals surface area contributed by atoms with Crippen molar-refractivity contribution in [2.24, 2.45) is 0 Å². The molecule has 160 valence electrons. The van der Waals surface area contributed by atoms with E-state index in [9.17, 15) is 0 Å². The monoisotopic (exact) mass is 433 g/mol. The van der Waals surface area contributed by atoms with E-state index in [2.05, 4.69) is 140 Å². The van der Waals surface area contributed by atoms with E-state index in [1.807, 2.05) is 0 Å². The van der Waals surface area contributed by atoms with Crippen molar-refractivity contribution in [1.29, 1.82) is 0 Å². The SMILES string of the molecule is C[C+](c1ccc(-c2ccc3ccccc3c2)cc1)c1ccc(-c2ccc3ccccc3c2)cc1. The predicted molar refractivity (Wildman–Crippen MR) is 146 cm³/mol. The minimum atomic E-state index is 1.24. The van der Waals surface area contributed by atoms with Crippen molar-refractivity contribution in [2.45, 2.75) is 6.92 Å². The molecular formula is C34H25+. The molecule has 0 amide bonds. The molecule has 34 heavy (non-hydrogen) atoms. The van der Waals surface area contributed by atoms with E-state index in [4.69, 9.17) is 0 Å². The van der Waals surface area contributed by atoms with Crippen LogP contribution in [-0.2, 0) is 0 Å². The second-order valence-electron chi connectivity index (χ2n) is 8.90. The molecule has 0 N–H and O–H groups in total. The Bertz CT molecular complexity index is 1470. The number of hydrogen-bond donors (Lipinski definition) is 0. The van der Waals surface area contributed by atoms with E-state index in [0.717, 1.165) is 0 Å². The number of benzene rings is 6. The summed E-state index contributed by atoms with van der Waals surface area (Å²) in [5, 5.41) is 5.11. The molecule has 0 saturated carbocycles. The highest BCUT2D eigenvalue weighted by molar-refractivity contribution is 5.88. The van der Waals surface area contributed by atoms with Crippen molar-refractivity contribution in [3.8, 4) is 22.3 Å². The van der Waals surface area contributed by atoms with Gasteiger partial charge in [-0.1, -0.05) is 72.8 Å². The topological polar surface area (TPSA) is 0 Å². The van der Waals surface area contributed by atoms with Crippen molar-refractivity contribution < 1.29 is 0 Å². The van der Waals surface area contributed by atoms with Gasteiger partial charge >= 0.3 is 0 Å². The average Bonchev–Trinajstić information content (AvgIpc) is 2.92. The van der Waals surface area contributed by atoms with Gasteiger partial charge in [0, 0.05) is 30.2 Å². The predicted octanol–water partition coefficient (Wildman–Crippen LogP) is 9.32. The number of hydrogen-bond acceptors (Lipinski definition) is 0. The van der Waals surface area contributed by atoms with Gasteiger partial charge in [0.05, 0.1) is 11.1 Å². The minimum Gasteiger partial charge on any atom is -0.0616 e. The number of fused-ring (bicyclic) bond motifs is 2. The zero-order chi connectivity index (χ0) is 22.9. The lowest BCUT2D eigenvalue weighted by Gasteiger charge is -2.09. The molecule has 0 unspecified atom stereocenters. The van der Waals surface area contributed by atoms with Crippen LogP contribution in [0.1, 0.15) is 18.1 Å². The Morgan fingerprint density at radius 2 is 0.706 bits per heavy atom. The van der Waals surface area contributed by atoms with E-state index >= 15 is 0 Å². The maximum Gasteiger partial charge on any atom is 0.0753 e. The lowest BCUT2D eigenvalue weighted by molar-refractivity contribution is 1.19. The molecule has 0 heterocycles. The molecule has 0 fully saturated rings. The molecular weight excluding hydrogens is 408 g/mol. The Labute approximate surface area is 201 Å². The fourth-order valence-electron chi connectivity index (χ4n) is 4.73. The Balaban J connectivity index is 1.23. The maximum absolute atomic E-state index is 2.27. The third-order valence-electron chi connectivity index (χ3n) is 6.80. The van der Waals surface area contributed by atoms with Crippen molar-refractivity contribution >= 4 is 21.5 Å². The summed E-state index contributed by atoms with van der Waals surface area (Å²) in [5.74, 6) is 1.29. The van der Waals surface area contributed by atoms with Gasteiger partial charge in [-0.2, -0.15) is 0 Å². The van der Waals surface area contributed by atoms with Gasteiger partial charge in [-0.25, -0.2) is 0 Å². The van der Waals surface area contributed by atoms with Crippen LogP contribution in [0, 0.1) is 5.92 Å². The summed E-state index contributed by atoms with van der Waals surface area (Å²) in [4.78, 5) is 0. The summed E-state index contributed by atoms with van der Waals surface area (Å²) in [6.45, 7) is 2.20. The van der Waals surface area contributed by atoms with Crippen molar-refractivity contribution in [3.63, 3.8) is 0 Å². The summed E-state index contributed by atoms with van der Waals surface area (Å²) >= 11 is 0. The van der Waals surface area contributed by atoms with Gasteiger partial charge < -0.3 is 0 Å². The Morgan fingerprint density at radius 3 is 1.12 bits per heavy atom. The van der Waals surface area contributed by atoms with E-state index in [1.165, 1.54) is 60.8 Å². The molecule has 0 aliphatic heterocycles. The van der Waals surface area contributed by atoms with Crippen molar-refractivity contribution in [1.82, 2.24) is 0 Å². The average molecular weight is 434 g/mol. The highest BCUT2D eigenvalue weighted by atomic mass is 14.1. The van der Waals surface area contributed by atoms with Crippen LogP contribution in [0.4, 0.5) is 0 Å². The first-order valence-corrected chi connectivity index (χ1v) is 11.8. The lowest BCUT2D eigenvalue weighted by Crippen LogP contribution is -1.97. The van der Waals surface area contributed by atoms with Gasteiger partial charge in [0.25, 0.3) is 0 Å². The van der Waals surface area contributed by atoms with Crippen LogP contribution in [0.25, 0.3) is 43.8 Å². The van der Waals surface area contributed by atoms with E-state index in [0.29, 0.717) is 0 Å². The molecule has 0 aliphatic carbocycles. The minimum absolute atomic E-state index is 1.24. The molecule has 0 nitrogen and oxygen atoms in total. The van der Waals surface area contributed by atoms with Gasteiger partial charge in [-0.05, 0) is 87.1 Å². The van der Waals surface area contributed by atoms with E-state index < -0.39 is 0 Å². The molecule has 0 atom stereocenters. The molecule has 6 aromatic rings. The molecule has 6 rings (SSSR count). The molecule has 6 aromatic carbocycles. The normalized spacial score (nSPS) is 11.1. The molecule has 0 heteroatoms. The quantitative estimate of drug-likeness (QED) is 0.243. The van der Waals surface area contributed by atoms with Gasteiger partial charge in [-0.15, -0.1) is 0 Å². The third-order valence-corrected chi connectivity index (χ3v) is 6.80. The van der Waals surface area contributed by atoms with Crippen molar-refractivity contribution in [3.05, 3.63) is 151 Å². The van der Waals surface area contributed by atoms with E-state index in [-0.39, 0.29) is 0 Å². The molecule has 0 spiro atoms. The molecule has 0 aliphatic rings. The van der Waals surface area contributed by atoms with Gasteiger partial charge in [0.2, 0.25) is 0 Å². The summed E-state index contributed by atoms with van der Waals surface area (Å²) in [6, 6.07) is 48.2. The molecule has 0 radical (unpaired) electrons. The van der Waals surface area contributed by atoms with Crippen LogP contribution < -0.4 is 0 Å². The van der Waals surface area contributed by atoms with Crippen LogP contribution in [0.2, 0.25) is 0 Å². The van der Waals surface area contributed by atoms with Gasteiger partial charge in [0.1, 0.15) is 0 Å². The summed E-state index contributed by atoms with van der Waals surface area (Å²) < 4.78 is 0.